The van der Waals surface area contributed by atoms with E-state index in [-0.39, 0.29) is 6.54 Å². The first-order valence-corrected chi connectivity index (χ1v) is 10.3. The molecular formula is C20H23F13NO3+. The first kappa shape index (κ1) is 33.2. The van der Waals surface area contributed by atoms with Crippen molar-refractivity contribution in [2.24, 2.45) is 0 Å². The van der Waals surface area contributed by atoms with E-state index in [1.807, 2.05) is 0 Å². The van der Waals surface area contributed by atoms with Crippen LogP contribution >= 0.6 is 0 Å². The van der Waals surface area contributed by atoms with Gasteiger partial charge in [-0.3, -0.25) is 0 Å². The van der Waals surface area contributed by atoms with Crippen molar-refractivity contribution in [3.8, 4) is 0 Å². The monoisotopic (exact) mass is 572 g/mol. The molecule has 1 unspecified atom stereocenters. The maximum atomic E-state index is 14.2. The molecule has 0 saturated heterocycles. The molecule has 0 aromatic heterocycles. The SMILES string of the molecule is OCC[N+](CCO)(Cc1ccccc1)CC(O)CC(F)(F)C(F)(F)C(F)(F)C(F)(F)C(F)(F)C(F)(F)F. The molecule has 37 heavy (non-hydrogen) atoms. The maximum Gasteiger partial charge on any atom is 0.460 e. The number of aliphatic hydroxyl groups is 3. The molecule has 0 heterocycles. The Morgan fingerprint density at radius 2 is 1.08 bits per heavy atom. The summed E-state index contributed by atoms with van der Waals surface area (Å²) in [5.41, 5.74) is 0.411. The van der Waals surface area contributed by atoms with Gasteiger partial charge in [0.05, 0.1) is 13.2 Å². The maximum absolute atomic E-state index is 14.2. The summed E-state index contributed by atoms with van der Waals surface area (Å²) in [5, 5.41) is 28.7. The Bertz CT molecular complexity index is 857. The Labute approximate surface area is 201 Å². The molecule has 0 aliphatic carbocycles. The van der Waals surface area contributed by atoms with Crippen molar-refractivity contribution >= 4 is 0 Å². The van der Waals surface area contributed by atoms with Gasteiger partial charge in [-0.25, -0.2) is 0 Å². The number of quaternary nitrogens is 1. The van der Waals surface area contributed by atoms with Gasteiger partial charge < -0.3 is 19.8 Å². The fraction of sp³-hybridized carbons (Fsp3) is 0.700. The van der Waals surface area contributed by atoms with Gasteiger partial charge >= 0.3 is 35.8 Å². The summed E-state index contributed by atoms with van der Waals surface area (Å²) < 4.78 is 172. The summed E-state index contributed by atoms with van der Waals surface area (Å²) in [7, 11) is 0. The van der Waals surface area contributed by atoms with Gasteiger partial charge in [0.2, 0.25) is 0 Å². The summed E-state index contributed by atoms with van der Waals surface area (Å²) in [5.74, 6) is -37.7. The minimum Gasteiger partial charge on any atom is -0.391 e. The number of hydrogen-bond acceptors (Lipinski definition) is 3. The number of hydrogen-bond donors (Lipinski definition) is 3. The van der Waals surface area contributed by atoms with Crippen LogP contribution in [0.5, 0.6) is 0 Å². The molecule has 0 bridgehead atoms. The quantitative estimate of drug-likeness (QED) is 0.228. The van der Waals surface area contributed by atoms with Crippen molar-refractivity contribution in [1.29, 1.82) is 0 Å². The van der Waals surface area contributed by atoms with Crippen LogP contribution in [0, 0.1) is 0 Å². The molecule has 1 aromatic carbocycles. The molecule has 1 atom stereocenters. The van der Waals surface area contributed by atoms with Crippen molar-refractivity contribution in [2.75, 3.05) is 32.8 Å². The predicted molar refractivity (Wildman–Crippen MR) is 101 cm³/mol. The first-order valence-electron chi connectivity index (χ1n) is 10.3. The van der Waals surface area contributed by atoms with E-state index in [1.165, 1.54) is 24.3 Å². The van der Waals surface area contributed by atoms with E-state index in [4.69, 9.17) is 0 Å². The number of nitrogens with zero attached hydrogens (tertiary/aromatic N) is 1. The average molecular weight is 572 g/mol. The van der Waals surface area contributed by atoms with Gasteiger partial charge in [-0.1, -0.05) is 30.3 Å². The van der Waals surface area contributed by atoms with Crippen LogP contribution in [0.4, 0.5) is 57.1 Å². The van der Waals surface area contributed by atoms with Crippen LogP contribution < -0.4 is 0 Å². The zero-order chi connectivity index (χ0) is 29.1. The number of benzene rings is 1. The predicted octanol–water partition coefficient (Wildman–Crippen LogP) is 4.48. The molecule has 17 heteroatoms. The highest BCUT2D eigenvalue weighted by Crippen LogP contribution is 2.60. The van der Waals surface area contributed by atoms with Gasteiger partial charge in [0, 0.05) is 12.0 Å². The fourth-order valence-corrected chi connectivity index (χ4v) is 3.65. The standard InChI is InChI=1S/C20H23F13NO3/c21-15(22,16(23,24)17(25,26)18(27,28)19(29,30)20(31,32)33)10-14(37)12-34(6-8-35,7-9-36)11-13-4-2-1-3-5-13/h1-5,14,35-37H,6-12H2/q+1. The van der Waals surface area contributed by atoms with E-state index in [0.29, 0.717) is 5.56 Å². The van der Waals surface area contributed by atoms with E-state index in [1.54, 1.807) is 6.07 Å². The van der Waals surface area contributed by atoms with Crippen LogP contribution in [0.2, 0.25) is 0 Å². The fourth-order valence-electron chi connectivity index (χ4n) is 3.65. The summed E-state index contributed by atoms with van der Waals surface area (Å²) in [6.45, 7) is -3.58. The van der Waals surface area contributed by atoms with Crippen molar-refractivity contribution < 1.29 is 76.9 Å². The highest BCUT2D eigenvalue weighted by molar-refractivity contribution is 5.13. The highest BCUT2D eigenvalue weighted by atomic mass is 19.4. The van der Waals surface area contributed by atoms with E-state index >= 15 is 0 Å². The Kier molecular flexibility index (Phi) is 9.95. The Hall–Kier alpha value is -1.85. The Balaban J connectivity index is 3.32. The minimum atomic E-state index is -8.02. The molecule has 0 fully saturated rings. The van der Waals surface area contributed by atoms with Gasteiger partial charge in [-0.15, -0.1) is 0 Å². The van der Waals surface area contributed by atoms with Crippen LogP contribution in [0.15, 0.2) is 30.3 Å². The first-order chi connectivity index (χ1) is 16.6. The third-order valence-corrected chi connectivity index (χ3v) is 5.60. The molecule has 4 nitrogen and oxygen atoms in total. The Morgan fingerprint density at radius 1 is 0.649 bits per heavy atom. The van der Waals surface area contributed by atoms with Crippen molar-refractivity contribution in [3.05, 3.63) is 35.9 Å². The molecule has 1 rings (SSSR count). The molecule has 3 N–H and O–H groups in total. The smallest absolute Gasteiger partial charge is 0.391 e. The topological polar surface area (TPSA) is 60.7 Å². The number of halogens is 13. The van der Waals surface area contributed by atoms with Crippen molar-refractivity contribution in [1.82, 2.24) is 0 Å². The van der Waals surface area contributed by atoms with E-state index in [0.717, 1.165) is 0 Å². The lowest BCUT2D eigenvalue weighted by Crippen LogP contribution is -2.70. The lowest BCUT2D eigenvalue weighted by atomic mass is 9.91. The zero-order valence-electron chi connectivity index (χ0n) is 18.6. The van der Waals surface area contributed by atoms with E-state index in [2.05, 4.69) is 0 Å². The second-order valence-electron chi connectivity index (χ2n) is 8.42. The normalized spacial score (nSPS) is 15.7. The van der Waals surface area contributed by atoms with E-state index < -0.39 is 85.6 Å². The summed E-state index contributed by atoms with van der Waals surface area (Å²) in [6.07, 6.45) is -13.0. The van der Waals surface area contributed by atoms with Crippen LogP contribution in [0.3, 0.4) is 0 Å². The molecule has 0 amide bonds. The third kappa shape index (κ3) is 6.42. The third-order valence-electron chi connectivity index (χ3n) is 5.60. The van der Waals surface area contributed by atoms with Crippen LogP contribution in [-0.4, -0.2) is 94.5 Å². The molecule has 0 radical (unpaired) electrons. The number of aliphatic hydroxyl groups excluding tert-OH is 3. The lowest BCUT2D eigenvalue weighted by Gasteiger charge is -2.42. The van der Waals surface area contributed by atoms with Gasteiger partial charge in [-0.05, 0) is 0 Å². The second kappa shape index (κ2) is 11.1. The Morgan fingerprint density at radius 3 is 1.49 bits per heavy atom. The van der Waals surface area contributed by atoms with Gasteiger partial charge in [0.15, 0.2) is 0 Å². The van der Waals surface area contributed by atoms with Gasteiger partial charge in [0.25, 0.3) is 0 Å². The van der Waals surface area contributed by atoms with Gasteiger partial charge in [0.1, 0.15) is 32.3 Å². The zero-order valence-corrected chi connectivity index (χ0v) is 18.6. The second-order valence-corrected chi connectivity index (χ2v) is 8.42. The number of rotatable bonds is 14. The largest absolute Gasteiger partial charge is 0.460 e. The average Bonchev–Trinajstić information content (AvgIpc) is 2.72. The molecule has 1 aromatic rings. The molecule has 0 aliphatic rings. The van der Waals surface area contributed by atoms with Crippen molar-refractivity contribution in [3.63, 3.8) is 0 Å². The number of alkyl halides is 13. The molecule has 0 aliphatic heterocycles. The van der Waals surface area contributed by atoms with Gasteiger partial charge in [-0.2, -0.15) is 57.1 Å². The van der Waals surface area contributed by atoms with Crippen LogP contribution in [-0.2, 0) is 6.54 Å². The summed E-state index contributed by atoms with van der Waals surface area (Å²) >= 11 is 0. The lowest BCUT2D eigenvalue weighted by molar-refractivity contribution is -0.944. The molecule has 216 valence electrons. The molecular weight excluding hydrogens is 549 g/mol. The minimum absolute atomic E-state index is 0.243. The van der Waals surface area contributed by atoms with Crippen molar-refractivity contribution in [2.45, 2.75) is 54.9 Å². The summed E-state index contributed by atoms with van der Waals surface area (Å²) in [4.78, 5) is 0. The highest BCUT2D eigenvalue weighted by Gasteiger charge is 2.90. The molecule has 0 spiro atoms. The van der Waals surface area contributed by atoms with Crippen LogP contribution in [0.25, 0.3) is 0 Å². The van der Waals surface area contributed by atoms with E-state index in [9.17, 15) is 72.4 Å². The molecule has 0 saturated carbocycles. The summed E-state index contributed by atoms with van der Waals surface area (Å²) in [6, 6.07) is 7.52. The van der Waals surface area contributed by atoms with Crippen LogP contribution in [0.1, 0.15) is 12.0 Å².